The molecule has 0 aromatic heterocycles. The molecule has 1 fully saturated rings. The number of hydrogen-bond acceptors (Lipinski definition) is 2. The molecule has 1 saturated heterocycles. The lowest BCUT2D eigenvalue weighted by Gasteiger charge is -2.23. The summed E-state index contributed by atoms with van der Waals surface area (Å²) in [6.45, 7) is 9.46. The van der Waals surface area contributed by atoms with E-state index in [1.807, 2.05) is 13.1 Å². The van der Waals surface area contributed by atoms with Crippen LogP contribution in [0.1, 0.15) is 38.7 Å². The zero-order valence-electron chi connectivity index (χ0n) is 16.0. The molecule has 0 unspecified atom stereocenters. The summed E-state index contributed by atoms with van der Waals surface area (Å²) in [5.41, 5.74) is 1.75. The second-order valence-electron chi connectivity index (χ2n) is 7.36. The summed E-state index contributed by atoms with van der Waals surface area (Å²) in [6.07, 6.45) is 4.44. The van der Waals surface area contributed by atoms with E-state index in [0.29, 0.717) is 5.41 Å². The highest BCUT2D eigenvalue weighted by atomic mass is 127. The largest absolute Gasteiger partial charge is 0.381 e. The number of nitrogens with zero attached hydrogens (tertiary/aromatic N) is 2. The predicted molar refractivity (Wildman–Crippen MR) is 117 cm³/mol. The second kappa shape index (κ2) is 11.7. The Morgan fingerprint density at radius 2 is 1.96 bits per heavy atom. The first-order chi connectivity index (χ1) is 11.6. The molecule has 0 amide bonds. The molecule has 4 nitrogen and oxygen atoms in total. The number of benzene rings is 1. The van der Waals surface area contributed by atoms with E-state index < -0.39 is 0 Å². The minimum absolute atomic E-state index is 0. The van der Waals surface area contributed by atoms with Crippen LogP contribution >= 0.6 is 24.0 Å². The van der Waals surface area contributed by atoms with Gasteiger partial charge in [-0.25, -0.2) is 0 Å². The third kappa shape index (κ3) is 8.40. The molecule has 1 aromatic carbocycles. The van der Waals surface area contributed by atoms with Crippen LogP contribution in [-0.4, -0.2) is 50.8 Å². The van der Waals surface area contributed by atoms with Crippen LogP contribution in [0.4, 0.5) is 0 Å². The minimum Gasteiger partial charge on any atom is -0.381 e. The topological polar surface area (TPSA) is 36.9 Å². The average molecular weight is 459 g/mol. The summed E-state index contributed by atoms with van der Waals surface area (Å²) in [5.74, 6) is 1.05. The maximum atomic E-state index is 5.73. The number of aliphatic imine (C=N–C) groups is 1. The highest BCUT2D eigenvalue weighted by Gasteiger charge is 2.30. The van der Waals surface area contributed by atoms with Crippen LogP contribution in [0.2, 0.25) is 0 Å². The van der Waals surface area contributed by atoms with Gasteiger partial charge in [0.1, 0.15) is 0 Å². The molecule has 0 saturated carbocycles. The number of rotatable bonds is 8. The minimum atomic E-state index is 0. The van der Waals surface area contributed by atoms with E-state index in [0.717, 1.165) is 58.1 Å². The first-order valence-corrected chi connectivity index (χ1v) is 9.18. The Morgan fingerprint density at radius 3 is 2.60 bits per heavy atom. The Labute approximate surface area is 170 Å². The van der Waals surface area contributed by atoms with Gasteiger partial charge in [-0.15, -0.1) is 24.0 Å². The van der Waals surface area contributed by atoms with E-state index in [-0.39, 0.29) is 24.0 Å². The van der Waals surface area contributed by atoms with Gasteiger partial charge in [0.15, 0.2) is 5.96 Å². The summed E-state index contributed by atoms with van der Waals surface area (Å²) in [7, 11) is 1.88. The number of guanidine groups is 1. The Morgan fingerprint density at radius 1 is 1.20 bits per heavy atom. The SMILES string of the molecule is CN=C(NCCCCOCCc1ccccc1)N1CCC(C)(C)C1.I. The lowest BCUT2D eigenvalue weighted by atomic mass is 9.93. The van der Waals surface area contributed by atoms with Gasteiger partial charge in [0, 0.05) is 33.3 Å². The molecule has 25 heavy (non-hydrogen) atoms. The van der Waals surface area contributed by atoms with Gasteiger partial charge < -0.3 is 15.0 Å². The molecule has 1 heterocycles. The van der Waals surface area contributed by atoms with Crippen molar-refractivity contribution >= 4 is 29.9 Å². The van der Waals surface area contributed by atoms with Gasteiger partial charge in [-0.1, -0.05) is 44.2 Å². The molecule has 2 rings (SSSR count). The van der Waals surface area contributed by atoms with Crippen LogP contribution in [0.3, 0.4) is 0 Å². The summed E-state index contributed by atoms with van der Waals surface area (Å²) in [6, 6.07) is 10.5. The highest BCUT2D eigenvalue weighted by molar-refractivity contribution is 14.0. The maximum absolute atomic E-state index is 5.73. The first kappa shape index (κ1) is 22.2. The molecule has 142 valence electrons. The third-order valence-corrected chi connectivity index (χ3v) is 4.57. The molecule has 0 spiro atoms. The number of likely N-dealkylation sites (tertiary alicyclic amines) is 1. The number of ether oxygens (including phenoxy) is 1. The van der Waals surface area contributed by atoms with E-state index in [2.05, 4.69) is 53.3 Å². The fourth-order valence-corrected chi connectivity index (χ4v) is 3.09. The van der Waals surface area contributed by atoms with Gasteiger partial charge in [-0.2, -0.15) is 0 Å². The van der Waals surface area contributed by atoms with E-state index in [9.17, 15) is 0 Å². The molecule has 1 N–H and O–H groups in total. The van der Waals surface area contributed by atoms with Gasteiger partial charge in [0.05, 0.1) is 6.61 Å². The molecule has 1 aliphatic rings. The lowest BCUT2D eigenvalue weighted by Crippen LogP contribution is -2.41. The van der Waals surface area contributed by atoms with Crippen LogP contribution in [0.5, 0.6) is 0 Å². The smallest absolute Gasteiger partial charge is 0.193 e. The summed E-state index contributed by atoms with van der Waals surface area (Å²) in [4.78, 5) is 6.79. The van der Waals surface area contributed by atoms with E-state index in [1.165, 1.54) is 12.0 Å². The fraction of sp³-hybridized carbons (Fsp3) is 0.650. The number of unbranched alkanes of at least 4 members (excludes halogenated alkanes) is 1. The normalized spacial score (nSPS) is 16.6. The van der Waals surface area contributed by atoms with Crippen LogP contribution in [0.25, 0.3) is 0 Å². The molecule has 1 aliphatic heterocycles. The van der Waals surface area contributed by atoms with Crippen molar-refractivity contribution in [1.29, 1.82) is 0 Å². The number of halogens is 1. The van der Waals surface area contributed by atoms with Crippen molar-refractivity contribution in [2.75, 3.05) is 39.9 Å². The average Bonchev–Trinajstić information content (AvgIpc) is 2.94. The molecule has 1 aromatic rings. The molecule has 0 bridgehead atoms. The maximum Gasteiger partial charge on any atom is 0.193 e. The van der Waals surface area contributed by atoms with Gasteiger partial charge in [0.25, 0.3) is 0 Å². The van der Waals surface area contributed by atoms with Gasteiger partial charge in [0.2, 0.25) is 0 Å². The Kier molecular flexibility index (Phi) is 10.4. The summed E-state index contributed by atoms with van der Waals surface area (Å²) in [5, 5.41) is 3.49. The number of hydrogen-bond donors (Lipinski definition) is 1. The zero-order chi connectivity index (χ0) is 17.3. The van der Waals surface area contributed by atoms with Crippen molar-refractivity contribution in [3.8, 4) is 0 Å². The van der Waals surface area contributed by atoms with Crippen LogP contribution in [-0.2, 0) is 11.2 Å². The third-order valence-electron chi connectivity index (χ3n) is 4.57. The highest BCUT2D eigenvalue weighted by Crippen LogP contribution is 2.28. The standard InChI is InChI=1S/C20H33N3O.HI/c1-20(2)12-14-23(17-20)19(21-3)22-13-7-8-15-24-16-11-18-9-5-4-6-10-18;/h4-6,9-10H,7-8,11-17H2,1-3H3,(H,21,22);1H. The van der Waals surface area contributed by atoms with Crippen molar-refractivity contribution in [3.63, 3.8) is 0 Å². The molecule has 5 heteroatoms. The lowest BCUT2D eigenvalue weighted by molar-refractivity contribution is 0.133. The quantitative estimate of drug-likeness (QED) is 0.277. The van der Waals surface area contributed by atoms with Crippen molar-refractivity contribution in [2.45, 2.75) is 39.5 Å². The van der Waals surface area contributed by atoms with E-state index in [1.54, 1.807) is 0 Å². The molecular weight excluding hydrogens is 425 g/mol. The molecule has 0 radical (unpaired) electrons. The van der Waals surface area contributed by atoms with Gasteiger partial charge in [-0.3, -0.25) is 4.99 Å². The summed E-state index contributed by atoms with van der Waals surface area (Å²) < 4.78 is 5.73. The Hall–Kier alpha value is -0.820. The van der Waals surface area contributed by atoms with Crippen LogP contribution in [0, 0.1) is 5.41 Å². The van der Waals surface area contributed by atoms with Crippen molar-refractivity contribution in [1.82, 2.24) is 10.2 Å². The van der Waals surface area contributed by atoms with Gasteiger partial charge >= 0.3 is 0 Å². The predicted octanol–water partition coefficient (Wildman–Crippen LogP) is 3.95. The Bertz CT molecular complexity index is 505. The van der Waals surface area contributed by atoms with Crippen molar-refractivity contribution in [2.24, 2.45) is 10.4 Å². The molecule has 0 aliphatic carbocycles. The van der Waals surface area contributed by atoms with Crippen molar-refractivity contribution < 1.29 is 4.74 Å². The first-order valence-electron chi connectivity index (χ1n) is 9.18. The Balaban J connectivity index is 0.00000312. The molecule has 0 atom stereocenters. The van der Waals surface area contributed by atoms with E-state index >= 15 is 0 Å². The van der Waals surface area contributed by atoms with Crippen LogP contribution < -0.4 is 5.32 Å². The zero-order valence-corrected chi connectivity index (χ0v) is 18.3. The number of nitrogens with one attached hydrogen (secondary N) is 1. The molecular formula is C20H34IN3O. The second-order valence-corrected chi connectivity index (χ2v) is 7.36. The monoisotopic (exact) mass is 459 g/mol. The van der Waals surface area contributed by atoms with Crippen molar-refractivity contribution in [3.05, 3.63) is 35.9 Å². The summed E-state index contributed by atoms with van der Waals surface area (Å²) >= 11 is 0. The van der Waals surface area contributed by atoms with Crippen LogP contribution in [0.15, 0.2) is 35.3 Å². The van der Waals surface area contributed by atoms with Gasteiger partial charge in [-0.05, 0) is 36.7 Å². The van der Waals surface area contributed by atoms with E-state index in [4.69, 9.17) is 4.74 Å². The fourth-order valence-electron chi connectivity index (χ4n) is 3.09.